The van der Waals surface area contributed by atoms with Gasteiger partial charge in [-0.1, -0.05) is 0 Å². The van der Waals surface area contributed by atoms with Gasteiger partial charge in [0, 0.05) is 24.8 Å². The summed E-state index contributed by atoms with van der Waals surface area (Å²) in [6.07, 6.45) is 3.26. The van der Waals surface area contributed by atoms with Gasteiger partial charge in [0.1, 0.15) is 6.33 Å². The average molecular weight is 436 g/mol. The smallest absolute Gasteiger partial charge is 0.333 e. The van der Waals surface area contributed by atoms with Gasteiger partial charge in [0.2, 0.25) is 0 Å². The Morgan fingerprint density at radius 2 is 1.90 bits per heavy atom. The van der Waals surface area contributed by atoms with Crippen molar-refractivity contribution in [2.75, 3.05) is 42.7 Å². The molecule has 2 atom stereocenters. The van der Waals surface area contributed by atoms with Gasteiger partial charge in [-0.2, -0.15) is 11.8 Å². The third-order valence-electron chi connectivity index (χ3n) is 5.47. The lowest BCUT2D eigenvalue weighted by atomic mass is 9.84. The molecule has 0 N–H and O–H groups in total. The highest BCUT2D eigenvalue weighted by Gasteiger charge is 2.54. The van der Waals surface area contributed by atoms with E-state index >= 15 is 0 Å². The van der Waals surface area contributed by atoms with Crippen molar-refractivity contribution in [1.82, 2.24) is 19.5 Å². The highest BCUT2D eigenvalue weighted by atomic mass is 32.2. The summed E-state index contributed by atoms with van der Waals surface area (Å²) < 4.78 is 12.4. The normalized spacial score (nSPS) is 21.0. The van der Waals surface area contributed by atoms with E-state index in [-0.39, 0.29) is 30.9 Å². The molecule has 30 heavy (non-hydrogen) atoms. The number of anilines is 1. The fourth-order valence-electron chi connectivity index (χ4n) is 3.98. The first-order valence-corrected chi connectivity index (χ1v) is 11.5. The summed E-state index contributed by atoms with van der Waals surface area (Å²) in [4.78, 5) is 41.1. The van der Waals surface area contributed by atoms with Crippen LogP contribution in [0.2, 0.25) is 0 Å². The van der Waals surface area contributed by atoms with Crippen LogP contribution in [-0.2, 0) is 24.6 Å². The lowest BCUT2D eigenvalue weighted by molar-refractivity contribution is -0.156. The van der Waals surface area contributed by atoms with E-state index < -0.39 is 5.54 Å². The van der Waals surface area contributed by atoms with Crippen LogP contribution in [0.15, 0.2) is 12.7 Å². The molecule has 0 amide bonds. The monoisotopic (exact) mass is 435 g/mol. The second kappa shape index (κ2) is 9.63. The molecule has 164 valence electrons. The second-order valence-corrected chi connectivity index (χ2v) is 8.05. The summed E-state index contributed by atoms with van der Waals surface area (Å²) >= 11 is 1.62. The Kier molecular flexibility index (Phi) is 7.17. The van der Waals surface area contributed by atoms with Gasteiger partial charge in [-0.3, -0.25) is 9.36 Å². The van der Waals surface area contributed by atoms with Crippen molar-refractivity contribution in [3.05, 3.63) is 12.7 Å². The van der Waals surface area contributed by atoms with E-state index in [4.69, 9.17) is 9.47 Å². The minimum absolute atomic E-state index is 0.132. The molecule has 0 spiro atoms. The molecule has 2 aromatic heterocycles. The topological polar surface area (TPSA) is 99.4 Å². The number of thioether (sulfide) groups is 1. The number of carbonyl (C=O) groups is 2. The molecule has 1 saturated heterocycles. The van der Waals surface area contributed by atoms with Crippen LogP contribution in [0.3, 0.4) is 0 Å². The van der Waals surface area contributed by atoms with Crippen molar-refractivity contribution in [1.29, 1.82) is 0 Å². The van der Waals surface area contributed by atoms with Crippen molar-refractivity contribution in [3.63, 3.8) is 0 Å². The number of hydrogen-bond donors (Lipinski definition) is 0. The maximum absolute atomic E-state index is 13.3. The Morgan fingerprint density at radius 3 is 2.57 bits per heavy atom. The molecule has 3 rings (SSSR count). The first-order chi connectivity index (χ1) is 14.5. The van der Waals surface area contributed by atoms with Gasteiger partial charge in [-0.25, -0.2) is 19.7 Å². The first-order valence-electron chi connectivity index (χ1n) is 10.4. The van der Waals surface area contributed by atoms with E-state index in [0.717, 1.165) is 18.9 Å². The summed E-state index contributed by atoms with van der Waals surface area (Å²) in [6, 6.07) is 0. The minimum Gasteiger partial charge on any atom is -0.466 e. The van der Waals surface area contributed by atoms with E-state index in [1.54, 1.807) is 36.5 Å². The summed E-state index contributed by atoms with van der Waals surface area (Å²) in [5, 5.41) is 0. The van der Waals surface area contributed by atoms with E-state index in [0.29, 0.717) is 29.3 Å². The first kappa shape index (κ1) is 22.3. The largest absolute Gasteiger partial charge is 0.466 e. The number of fused-ring (bicyclic) bond motifs is 1. The summed E-state index contributed by atoms with van der Waals surface area (Å²) in [7, 11) is 0. The Morgan fingerprint density at radius 1 is 1.17 bits per heavy atom. The number of hydrogen-bond acceptors (Lipinski definition) is 9. The molecular weight excluding hydrogens is 406 g/mol. The molecule has 0 aliphatic carbocycles. The summed E-state index contributed by atoms with van der Waals surface area (Å²) in [6.45, 7) is 9.77. The van der Waals surface area contributed by atoms with Gasteiger partial charge >= 0.3 is 11.9 Å². The zero-order chi connectivity index (χ0) is 21.7. The van der Waals surface area contributed by atoms with Gasteiger partial charge in [0.05, 0.1) is 26.0 Å². The average Bonchev–Trinajstić information content (AvgIpc) is 3.34. The second-order valence-electron chi connectivity index (χ2n) is 7.02. The minimum atomic E-state index is -1.07. The maximum atomic E-state index is 13.3. The molecule has 0 radical (unpaired) electrons. The van der Waals surface area contributed by atoms with E-state index in [2.05, 4.69) is 33.7 Å². The third kappa shape index (κ3) is 3.84. The van der Waals surface area contributed by atoms with Gasteiger partial charge in [-0.15, -0.1) is 0 Å². The fourth-order valence-corrected chi connectivity index (χ4v) is 5.58. The Labute approximate surface area is 180 Å². The van der Waals surface area contributed by atoms with E-state index in [1.165, 1.54) is 6.33 Å². The molecule has 9 nitrogen and oxygen atoms in total. The van der Waals surface area contributed by atoms with Gasteiger partial charge in [-0.05, 0) is 33.4 Å². The van der Waals surface area contributed by atoms with Gasteiger partial charge < -0.3 is 14.4 Å². The molecule has 3 heterocycles. The van der Waals surface area contributed by atoms with Crippen molar-refractivity contribution in [2.45, 2.75) is 39.7 Å². The van der Waals surface area contributed by atoms with E-state index in [9.17, 15) is 9.59 Å². The quantitative estimate of drug-likeness (QED) is 0.549. The maximum Gasteiger partial charge on any atom is 0.333 e. The number of aromatic nitrogens is 4. The lowest BCUT2D eigenvalue weighted by Gasteiger charge is -2.33. The van der Waals surface area contributed by atoms with E-state index in [1.807, 2.05) is 0 Å². The van der Waals surface area contributed by atoms with Crippen LogP contribution in [0.1, 0.15) is 34.1 Å². The number of imidazole rings is 1. The van der Waals surface area contributed by atoms with Crippen LogP contribution in [0.25, 0.3) is 11.2 Å². The molecule has 1 aliphatic heterocycles. The Bertz CT molecular complexity index is 900. The molecule has 1 fully saturated rings. The third-order valence-corrected chi connectivity index (χ3v) is 6.75. The fraction of sp³-hybridized carbons (Fsp3) is 0.650. The molecule has 0 bridgehead atoms. The highest BCUT2D eigenvalue weighted by molar-refractivity contribution is 7.99. The molecule has 2 aromatic rings. The van der Waals surface area contributed by atoms with Crippen molar-refractivity contribution in [2.24, 2.45) is 5.92 Å². The molecule has 1 aliphatic rings. The molecule has 0 saturated carbocycles. The zero-order valence-corrected chi connectivity index (χ0v) is 18.8. The van der Waals surface area contributed by atoms with Crippen LogP contribution in [-0.4, -0.2) is 69.3 Å². The molecule has 0 aromatic carbocycles. The lowest BCUT2D eigenvalue weighted by Crippen LogP contribution is -2.49. The Balaban J connectivity index is 2.13. The van der Waals surface area contributed by atoms with Crippen LogP contribution >= 0.6 is 11.8 Å². The summed E-state index contributed by atoms with van der Waals surface area (Å²) in [5.41, 5.74) is 0.129. The predicted molar refractivity (Wildman–Crippen MR) is 116 cm³/mol. The van der Waals surface area contributed by atoms with Gasteiger partial charge in [0.25, 0.3) is 0 Å². The number of rotatable bonds is 9. The SMILES string of the molecule is CCOC(=O)C[C@@H]1CSC[C@]1(C(=O)OCC)n1cnc2c(N(CC)CC)ncnc21. The summed E-state index contributed by atoms with van der Waals surface area (Å²) in [5.74, 6) is 0.880. The number of ether oxygens (including phenoxy) is 2. The number of carbonyl (C=O) groups excluding carboxylic acids is 2. The van der Waals surface area contributed by atoms with Crippen LogP contribution in [0.5, 0.6) is 0 Å². The predicted octanol–water partition coefficient (Wildman–Crippen LogP) is 2.25. The highest BCUT2D eigenvalue weighted by Crippen LogP contribution is 2.44. The van der Waals surface area contributed by atoms with Crippen molar-refractivity contribution < 1.29 is 19.1 Å². The van der Waals surface area contributed by atoms with Crippen molar-refractivity contribution in [3.8, 4) is 0 Å². The van der Waals surface area contributed by atoms with Gasteiger partial charge in [0.15, 0.2) is 22.5 Å². The molecule has 10 heteroatoms. The molecule has 0 unspecified atom stereocenters. The van der Waals surface area contributed by atoms with Crippen LogP contribution in [0, 0.1) is 5.92 Å². The molecular formula is C20H29N5O4S. The van der Waals surface area contributed by atoms with Crippen LogP contribution in [0.4, 0.5) is 5.82 Å². The van der Waals surface area contributed by atoms with Crippen molar-refractivity contribution >= 4 is 40.7 Å². The zero-order valence-electron chi connectivity index (χ0n) is 18.0. The number of nitrogens with zero attached hydrogens (tertiary/aromatic N) is 5. The number of esters is 2. The Hall–Kier alpha value is -2.36. The standard InChI is InChI=1S/C20H29N5O4S/c1-5-24(6-2)17-16-18(22-12-21-17)25(13-23-16)20(19(27)29-8-4)11-30-10-14(20)9-15(26)28-7-3/h12-14H,5-11H2,1-4H3/t14-,20+/m1/s1. The van der Waals surface area contributed by atoms with Crippen LogP contribution < -0.4 is 4.90 Å².